The fraction of sp³-hybridized carbons (Fsp3) is 0. The summed E-state index contributed by atoms with van der Waals surface area (Å²) in [6, 6.07) is 14.9. The van der Waals surface area contributed by atoms with Gasteiger partial charge in [-0.05, 0) is 60.7 Å². The molecule has 1 aromatic heterocycles. The van der Waals surface area contributed by atoms with Crippen molar-refractivity contribution in [3.05, 3.63) is 70.9 Å². The van der Waals surface area contributed by atoms with E-state index in [-0.39, 0.29) is 10.8 Å². The van der Waals surface area contributed by atoms with Crippen molar-refractivity contribution in [3.63, 3.8) is 0 Å². The minimum atomic E-state index is -3.87. The number of anilines is 1. The van der Waals surface area contributed by atoms with Gasteiger partial charge in [0.15, 0.2) is 0 Å². The minimum Gasteiger partial charge on any atom is -0.457 e. The zero-order valence-electron chi connectivity index (χ0n) is 13.8. The zero-order chi connectivity index (χ0) is 19.2. The number of carbonyl (C=O) groups excluding carboxylic acids is 1. The van der Waals surface area contributed by atoms with E-state index >= 15 is 0 Å². The first-order valence-electron chi connectivity index (χ1n) is 7.87. The topological polar surface area (TPSA) is 102 Å². The molecule has 0 radical (unpaired) electrons. The molecule has 1 aliphatic heterocycles. The molecule has 0 aliphatic carbocycles. The highest BCUT2D eigenvalue weighted by atomic mass is 35.5. The Morgan fingerprint density at radius 1 is 1.04 bits per heavy atom. The van der Waals surface area contributed by atoms with Crippen LogP contribution >= 0.6 is 11.6 Å². The van der Waals surface area contributed by atoms with Gasteiger partial charge in [-0.3, -0.25) is 4.79 Å². The number of nitrogens with two attached hydrogens (primary N) is 1. The van der Waals surface area contributed by atoms with Gasteiger partial charge in [0.25, 0.3) is 5.91 Å². The quantitative estimate of drug-likeness (QED) is 0.653. The van der Waals surface area contributed by atoms with E-state index in [1.54, 1.807) is 30.3 Å². The van der Waals surface area contributed by atoms with Gasteiger partial charge in [0.2, 0.25) is 10.0 Å². The first kappa shape index (κ1) is 17.5. The Hall–Kier alpha value is -2.87. The second-order valence-electron chi connectivity index (χ2n) is 5.97. The normalized spacial score (nSPS) is 15.0. The minimum absolute atomic E-state index is 0.0649. The summed E-state index contributed by atoms with van der Waals surface area (Å²) < 4.78 is 29.0. The van der Waals surface area contributed by atoms with Crippen molar-refractivity contribution in [1.29, 1.82) is 0 Å². The highest BCUT2D eigenvalue weighted by Crippen LogP contribution is 2.35. The SMILES string of the molecule is NS(=O)(=O)c1ccc2c(c1)/C(=C/c1ccc(-c3ccc(Cl)cc3)o1)C(=O)N2. The molecule has 1 amide bonds. The number of halogens is 1. The van der Waals surface area contributed by atoms with Crippen molar-refractivity contribution in [2.24, 2.45) is 5.14 Å². The van der Waals surface area contributed by atoms with E-state index < -0.39 is 10.0 Å². The molecule has 0 fully saturated rings. The van der Waals surface area contributed by atoms with E-state index in [1.165, 1.54) is 18.2 Å². The number of furan rings is 1. The predicted octanol–water partition coefficient (Wildman–Crippen LogP) is 3.74. The fourth-order valence-corrected chi connectivity index (χ4v) is 3.50. The van der Waals surface area contributed by atoms with Crippen LogP contribution in [0.2, 0.25) is 5.02 Å². The standard InChI is InChI=1S/C19H13ClN2O4S/c20-12-3-1-11(2-4-12)18-8-5-13(26-18)9-16-15-10-14(27(21,24)25)6-7-17(15)22-19(16)23/h1-10H,(H,22,23)(H2,21,24,25)/b16-9-. The molecule has 0 spiro atoms. The summed E-state index contributed by atoms with van der Waals surface area (Å²) in [5.74, 6) is 0.732. The van der Waals surface area contributed by atoms with E-state index in [0.29, 0.717) is 33.4 Å². The Morgan fingerprint density at radius 3 is 2.48 bits per heavy atom. The van der Waals surface area contributed by atoms with Crippen molar-refractivity contribution >= 4 is 44.9 Å². The van der Waals surface area contributed by atoms with E-state index in [0.717, 1.165) is 5.56 Å². The van der Waals surface area contributed by atoms with Crippen LogP contribution in [-0.2, 0) is 14.8 Å². The lowest BCUT2D eigenvalue weighted by atomic mass is 10.1. The van der Waals surface area contributed by atoms with Crippen LogP contribution in [0.3, 0.4) is 0 Å². The van der Waals surface area contributed by atoms with Crippen LogP contribution in [0.15, 0.2) is 63.9 Å². The summed E-state index contributed by atoms with van der Waals surface area (Å²) in [5, 5.41) is 8.50. The molecule has 4 rings (SSSR count). The van der Waals surface area contributed by atoms with Gasteiger partial charge in [0.05, 0.1) is 10.5 Å². The fourth-order valence-electron chi connectivity index (χ4n) is 2.83. The van der Waals surface area contributed by atoms with Crippen LogP contribution in [-0.4, -0.2) is 14.3 Å². The Kier molecular flexibility index (Phi) is 4.15. The van der Waals surface area contributed by atoms with Crippen LogP contribution in [0.25, 0.3) is 23.0 Å². The predicted molar refractivity (Wildman–Crippen MR) is 103 cm³/mol. The second kappa shape index (κ2) is 6.38. The van der Waals surface area contributed by atoms with Crippen molar-refractivity contribution < 1.29 is 17.6 Å². The molecule has 2 heterocycles. The van der Waals surface area contributed by atoms with Gasteiger partial charge in [0, 0.05) is 21.8 Å². The highest BCUT2D eigenvalue weighted by Gasteiger charge is 2.26. The molecular formula is C19H13ClN2O4S. The number of nitrogens with one attached hydrogen (secondary N) is 1. The number of carbonyl (C=O) groups is 1. The molecule has 27 heavy (non-hydrogen) atoms. The molecule has 2 aromatic carbocycles. The molecule has 0 bridgehead atoms. The number of primary sulfonamides is 1. The average Bonchev–Trinajstić information content (AvgIpc) is 3.20. The Bertz CT molecular complexity index is 1190. The number of amides is 1. The summed E-state index contributed by atoms with van der Waals surface area (Å²) in [7, 11) is -3.87. The van der Waals surface area contributed by atoms with Crippen LogP contribution in [0.5, 0.6) is 0 Å². The van der Waals surface area contributed by atoms with Crippen molar-refractivity contribution in [3.8, 4) is 11.3 Å². The van der Waals surface area contributed by atoms with E-state index in [9.17, 15) is 13.2 Å². The first-order chi connectivity index (χ1) is 12.8. The molecule has 3 N–H and O–H groups in total. The molecule has 3 aromatic rings. The van der Waals surface area contributed by atoms with E-state index in [4.69, 9.17) is 21.2 Å². The number of hydrogen-bond donors (Lipinski definition) is 2. The zero-order valence-corrected chi connectivity index (χ0v) is 15.3. The largest absolute Gasteiger partial charge is 0.457 e. The third kappa shape index (κ3) is 3.40. The Labute approximate surface area is 160 Å². The maximum atomic E-state index is 12.3. The van der Waals surface area contributed by atoms with E-state index in [2.05, 4.69) is 5.32 Å². The number of hydrogen-bond acceptors (Lipinski definition) is 4. The second-order valence-corrected chi connectivity index (χ2v) is 7.97. The number of benzene rings is 2. The Morgan fingerprint density at radius 2 is 1.78 bits per heavy atom. The summed E-state index contributed by atoms with van der Waals surface area (Å²) in [6.07, 6.45) is 1.56. The van der Waals surface area contributed by atoms with Crippen molar-refractivity contribution in [2.75, 3.05) is 5.32 Å². The van der Waals surface area contributed by atoms with E-state index in [1.807, 2.05) is 12.1 Å². The lowest BCUT2D eigenvalue weighted by molar-refractivity contribution is -0.110. The Balaban J connectivity index is 1.73. The lowest BCUT2D eigenvalue weighted by Crippen LogP contribution is -2.12. The molecular weight excluding hydrogens is 388 g/mol. The molecule has 0 unspecified atom stereocenters. The maximum Gasteiger partial charge on any atom is 0.256 e. The van der Waals surface area contributed by atoms with Crippen LogP contribution in [0.1, 0.15) is 11.3 Å². The highest BCUT2D eigenvalue weighted by molar-refractivity contribution is 7.89. The van der Waals surface area contributed by atoms with Gasteiger partial charge in [-0.1, -0.05) is 11.6 Å². The lowest BCUT2D eigenvalue weighted by Gasteiger charge is -2.02. The van der Waals surface area contributed by atoms with Crippen molar-refractivity contribution in [2.45, 2.75) is 4.90 Å². The monoisotopic (exact) mass is 400 g/mol. The summed E-state index contributed by atoms with van der Waals surface area (Å²) in [6.45, 7) is 0. The molecule has 1 aliphatic rings. The molecule has 0 atom stereocenters. The maximum absolute atomic E-state index is 12.3. The van der Waals surface area contributed by atoms with Gasteiger partial charge >= 0.3 is 0 Å². The van der Waals surface area contributed by atoms with Crippen molar-refractivity contribution in [1.82, 2.24) is 0 Å². The van der Waals surface area contributed by atoms with Crippen LogP contribution in [0.4, 0.5) is 5.69 Å². The summed E-state index contributed by atoms with van der Waals surface area (Å²) >= 11 is 5.89. The number of rotatable bonds is 3. The molecule has 0 saturated carbocycles. The molecule has 8 heteroatoms. The smallest absolute Gasteiger partial charge is 0.256 e. The molecule has 0 saturated heterocycles. The van der Waals surface area contributed by atoms with Gasteiger partial charge in [-0.15, -0.1) is 0 Å². The van der Waals surface area contributed by atoms with Crippen LogP contribution in [0, 0.1) is 0 Å². The molecule has 6 nitrogen and oxygen atoms in total. The average molecular weight is 401 g/mol. The van der Waals surface area contributed by atoms with Gasteiger partial charge < -0.3 is 9.73 Å². The molecule has 136 valence electrons. The number of sulfonamides is 1. The first-order valence-corrected chi connectivity index (χ1v) is 9.80. The number of fused-ring (bicyclic) bond motifs is 1. The van der Waals surface area contributed by atoms with Gasteiger partial charge in [0.1, 0.15) is 11.5 Å². The summed E-state index contributed by atoms with van der Waals surface area (Å²) in [4.78, 5) is 12.2. The third-order valence-electron chi connectivity index (χ3n) is 4.14. The summed E-state index contributed by atoms with van der Waals surface area (Å²) in [5.41, 5.74) is 2.11. The third-order valence-corrected chi connectivity index (χ3v) is 5.31. The van der Waals surface area contributed by atoms with Gasteiger partial charge in [-0.25, -0.2) is 13.6 Å². The van der Waals surface area contributed by atoms with Crippen LogP contribution < -0.4 is 10.5 Å². The van der Waals surface area contributed by atoms with Gasteiger partial charge in [-0.2, -0.15) is 0 Å².